The van der Waals surface area contributed by atoms with Gasteiger partial charge in [0.15, 0.2) is 6.61 Å². The number of ether oxygens (including phenoxy) is 1. The molecule has 0 bridgehead atoms. The molecule has 0 N–H and O–H groups in total. The minimum atomic E-state index is -0.615. The summed E-state index contributed by atoms with van der Waals surface area (Å²) in [6.07, 6.45) is 0.217. The van der Waals surface area contributed by atoms with Gasteiger partial charge in [-0.05, 0) is 31.2 Å². The maximum atomic E-state index is 12.6. The van der Waals surface area contributed by atoms with Crippen molar-refractivity contribution in [3.8, 4) is 6.07 Å². The number of benzene rings is 2. The van der Waals surface area contributed by atoms with Gasteiger partial charge in [0.1, 0.15) is 0 Å². The van der Waals surface area contributed by atoms with Gasteiger partial charge in [0, 0.05) is 30.9 Å². The van der Waals surface area contributed by atoms with Crippen LogP contribution in [0.15, 0.2) is 54.6 Å². The van der Waals surface area contributed by atoms with Crippen LogP contribution in [0.5, 0.6) is 0 Å². The summed E-state index contributed by atoms with van der Waals surface area (Å²) >= 11 is 0. The predicted octanol–water partition coefficient (Wildman–Crippen LogP) is 2.84. The molecule has 154 valence electrons. The summed E-state index contributed by atoms with van der Waals surface area (Å²) in [6, 6.07) is 18.4. The molecule has 0 spiro atoms. The van der Waals surface area contributed by atoms with E-state index in [0.29, 0.717) is 5.69 Å². The molecule has 1 aliphatic heterocycles. The number of carbonyl (C=O) groups excluding carboxylic acids is 3. The number of nitrogens with zero attached hydrogens (tertiary/aromatic N) is 3. The van der Waals surface area contributed by atoms with Gasteiger partial charge in [0.2, 0.25) is 5.91 Å². The maximum Gasteiger partial charge on any atom is 0.311 e. The third-order valence-corrected chi connectivity index (χ3v) is 4.96. The van der Waals surface area contributed by atoms with E-state index in [1.165, 1.54) is 4.90 Å². The summed E-state index contributed by atoms with van der Waals surface area (Å²) in [7, 11) is 0. The van der Waals surface area contributed by atoms with Crippen LogP contribution in [0.4, 0.5) is 11.4 Å². The first-order chi connectivity index (χ1) is 14.5. The van der Waals surface area contributed by atoms with Crippen LogP contribution in [0.25, 0.3) is 0 Å². The second-order valence-corrected chi connectivity index (χ2v) is 7.14. The molecule has 7 nitrogen and oxygen atoms in total. The number of nitriles is 1. The Morgan fingerprint density at radius 3 is 2.53 bits per heavy atom. The highest BCUT2D eigenvalue weighted by molar-refractivity contribution is 6.00. The lowest BCUT2D eigenvalue weighted by Crippen LogP contribution is -2.36. The van der Waals surface area contributed by atoms with Crippen molar-refractivity contribution in [3.63, 3.8) is 0 Å². The van der Waals surface area contributed by atoms with Crippen LogP contribution < -0.4 is 9.80 Å². The van der Waals surface area contributed by atoms with E-state index in [4.69, 9.17) is 10.00 Å². The average molecular weight is 405 g/mol. The van der Waals surface area contributed by atoms with E-state index >= 15 is 0 Å². The van der Waals surface area contributed by atoms with E-state index in [1.54, 1.807) is 29.2 Å². The Hall–Kier alpha value is -3.66. The highest BCUT2D eigenvalue weighted by atomic mass is 16.5. The summed E-state index contributed by atoms with van der Waals surface area (Å²) in [5.41, 5.74) is 2.46. The van der Waals surface area contributed by atoms with Crippen molar-refractivity contribution in [2.75, 3.05) is 29.5 Å². The Balaban J connectivity index is 1.59. The Labute approximate surface area is 175 Å². The standard InChI is InChI=1S/C23H23N3O4/c1-17-8-10-20(11-9-17)26-15-18(14-21(26)27)23(29)30-16-22(28)25(13-5-12-24)19-6-3-2-4-7-19/h2-4,6-11,18H,5,13-16H2,1H3. The number of hydrogen-bond donors (Lipinski definition) is 0. The molecule has 0 aromatic heterocycles. The zero-order chi connectivity index (χ0) is 21.5. The first-order valence-electron chi connectivity index (χ1n) is 9.75. The van der Waals surface area contributed by atoms with E-state index in [2.05, 4.69) is 0 Å². The Morgan fingerprint density at radius 2 is 1.87 bits per heavy atom. The Bertz CT molecular complexity index is 951. The first-order valence-corrected chi connectivity index (χ1v) is 9.75. The maximum absolute atomic E-state index is 12.6. The van der Waals surface area contributed by atoms with E-state index in [1.807, 2.05) is 43.3 Å². The topological polar surface area (TPSA) is 90.7 Å². The highest BCUT2D eigenvalue weighted by Crippen LogP contribution is 2.26. The molecule has 1 aliphatic rings. The molecular formula is C23H23N3O4. The highest BCUT2D eigenvalue weighted by Gasteiger charge is 2.36. The van der Waals surface area contributed by atoms with E-state index < -0.39 is 24.4 Å². The largest absolute Gasteiger partial charge is 0.455 e. The fourth-order valence-corrected chi connectivity index (χ4v) is 3.34. The fourth-order valence-electron chi connectivity index (χ4n) is 3.34. The zero-order valence-corrected chi connectivity index (χ0v) is 16.8. The number of amides is 2. The lowest BCUT2D eigenvalue weighted by molar-refractivity contribution is -0.151. The number of rotatable bonds is 7. The molecule has 1 fully saturated rings. The normalized spacial score (nSPS) is 15.5. The van der Waals surface area contributed by atoms with E-state index in [9.17, 15) is 14.4 Å². The van der Waals surface area contributed by atoms with Crippen molar-refractivity contribution in [1.29, 1.82) is 5.26 Å². The molecule has 1 unspecified atom stereocenters. The molecule has 7 heteroatoms. The SMILES string of the molecule is Cc1ccc(N2CC(C(=O)OCC(=O)N(CCC#N)c3ccccc3)CC2=O)cc1. The fraction of sp³-hybridized carbons (Fsp3) is 0.304. The van der Waals surface area contributed by atoms with Gasteiger partial charge >= 0.3 is 5.97 Å². The summed E-state index contributed by atoms with van der Waals surface area (Å²) in [4.78, 5) is 40.4. The molecule has 1 saturated heterocycles. The van der Waals surface area contributed by atoms with Gasteiger partial charge in [-0.3, -0.25) is 14.4 Å². The molecule has 3 rings (SSSR count). The quantitative estimate of drug-likeness (QED) is 0.661. The van der Waals surface area contributed by atoms with Crippen molar-refractivity contribution >= 4 is 29.2 Å². The number of aryl methyl sites for hydroxylation is 1. The molecule has 0 aliphatic carbocycles. The summed E-state index contributed by atoms with van der Waals surface area (Å²) < 4.78 is 5.23. The smallest absolute Gasteiger partial charge is 0.311 e. The van der Waals surface area contributed by atoms with Crippen LogP contribution in [0.3, 0.4) is 0 Å². The lowest BCUT2D eigenvalue weighted by Gasteiger charge is -2.22. The molecule has 2 aromatic carbocycles. The number of para-hydroxylation sites is 1. The van der Waals surface area contributed by atoms with Crippen LogP contribution in [0, 0.1) is 24.2 Å². The van der Waals surface area contributed by atoms with Gasteiger partial charge < -0.3 is 14.5 Å². The lowest BCUT2D eigenvalue weighted by atomic mass is 10.1. The molecule has 0 radical (unpaired) electrons. The first kappa shape index (κ1) is 21.1. The molecular weight excluding hydrogens is 382 g/mol. The minimum Gasteiger partial charge on any atom is -0.455 e. The zero-order valence-electron chi connectivity index (χ0n) is 16.8. The Kier molecular flexibility index (Phi) is 6.81. The molecule has 0 saturated carbocycles. The minimum absolute atomic E-state index is 0.0533. The third kappa shape index (κ3) is 5.03. The second-order valence-electron chi connectivity index (χ2n) is 7.14. The second kappa shape index (κ2) is 9.70. The van der Waals surface area contributed by atoms with Crippen molar-refractivity contribution in [2.24, 2.45) is 5.92 Å². The average Bonchev–Trinajstić information content (AvgIpc) is 3.15. The number of esters is 1. The van der Waals surface area contributed by atoms with Crippen LogP contribution in [-0.2, 0) is 19.1 Å². The van der Waals surface area contributed by atoms with Gasteiger partial charge in [0.05, 0.1) is 18.4 Å². The van der Waals surface area contributed by atoms with Gasteiger partial charge in [0.25, 0.3) is 5.91 Å². The van der Waals surface area contributed by atoms with Crippen molar-refractivity contribution in [2.45, 2.75) is 19.8 Å². The van der Waals surface area contributed by atoms with Crippen molar-refractivity contribution in [3.05, 3.63) is 60.2 Å². The van der Waals surface area contributed by atoms with E-state index in [0.717, 1.165) is 11.3 Å². The molecule has 1 heterocycles. The number of anilines is 2. The van der Waals surface area contributed by atoms with E-state index in [-0.39, 0.29) is 31.8 Å². The predicted molar refractivity (Wildman–Crippen MR) is 112 cm³/mol. The molecule has 1 atom stereocenters. The molecule has 2 aromatic rings. The third-order valence-electron chi connectivity index (χ3n) is 4.96. The number of carbonyl (C=O) groups is 3. The molecule has 30 heavy (non-hydrogen) atoms. The monoisotopic (exact) mass is 405 g/mol. The van der Waals surface area contributed by atoms with Crippen LogP contribution >= 0.6 is 0 Å². The van der Waals surface area contributed by atoms with Crippen LogP contribution in [-0.4, -0.2) is 37.5 Å². The van der Waals surface area contributed by atoms with Crippen molar-refractivity contribution in [1.82, 2.24) is 0 Å². The number of hydrogen-bond acceptors (Lipinski definition) is 5. The van der Waals surface area contributed by atoms with Gasteiger partial charge in [-0.2, -0.15) is 5.26 Å². The van der Waals surface area contributed by atoms with Gasteiger partial charge in [-0.15, -0.1) is 0 Å². The summed E-state index contributed by atoms with van der Waals surface area (Å²) in [5, 5.41) is 8.85. The van der Waals surface area contributed by atoms with Crippen LogP contribution in [0.2, 0.25) is 0 Å². The van der Waals surface area contributed by atoms with Gasteiger partial charge in [-0.25, -0.2) is 0 Å². The molecule has 2 amide bonds. The van der Waals surface area contributed by atoms with Gasteiger partial charge in [-0.1, -0.05) is 35.9 Å². The van der Waals surface area contributed by atoms with Crippen LogP contribution in [0.1, 0.15) is 18.4 Å². The van der Waals surface area contributed by atoms with Crippen molar-refractivity contribution < 1.29 is 19.1 Å². The summed E-state index contributed by atoms with van der Waals surface area (Å²) in [6.45, 7) is 1.96. The Morgan fingerprint density at radius 1 is 1.17 bits per heavy atom. The summed E-state index contributed by atoms with van der Waals surface area (Å²) in [5.74, 6) is -1.74.